The van der Waals surface area contributed by atoms with E-state index in [0.717, 1.165) is 16.5 Å². The minimum Gasteiger partial charge on any atom is -0.480 e. The fourth-order valence-electron chi connectivity index (χ4n) is 5.06. The number of aliphatic hydroxyl groups is 1. The van der Waals surface area contributed by atoms with E-state index in [1.54, 1.807) is 12.5 Å². The highest BCUT2D eigenvalue weighted by Crippen LogP contribution is 2.19. The summed E-state index contributed by atoms with van der Waals surface area (Å²) in [6.07, 6.45) is 5.97. The summed E-state index contributed by atoms with van der Waals surface area (Å²) in [5, 5.41) is 31.5. The van der Waals surface area contributed by atoms with E-state index in [9.17, 15) is 43.8 Å². The van der Waals surface area contributed by atoms with Crippen molar-refractivity contribution in [2.45, 2.75) is 62.3 Å². The number of para-hydroxylation sites is 1. The second-order valence-electron chi connectivity index (χ2n) is 11.8. The minimum absolute atomic E-state index is 0.125. The smallest absolute Gasteiger partial charge is 0.328 e. The molecule has 52 heavy (non-hydrogen) atoms. The van der Waals surface area contributed by atoms with E-state index >= 15 is 0 Å². The van der Waals surface area contributed by atoms with Crippen LogP contribution in [0.15, 0.2) is 43.0 Å². The highest BCUT2D eigenvalue weighted by Gasteiger charge is 2.30. The van der Waals surface area contributed by atoms with Crippen molar-refractivity contribution < 1.29 is 43.8 Å². The van der Waals surface area contributed by atoms with Gasteiger partial charge >= 0.3 is 5.97 Å². The van der Waals surface area contributed by atoms with Crippen LogP contribution in [0.5, 0.6) is 0 Å². The fraction of sp³-hybridized carbons (Fsp3) is 0.438. The maximum absolute atomic E-state index is 13.5. The molecule has 1 aromatic carbocycles. The topological polar surface area (TPSA) is 317 Å². The highest BCUT2D eigenvalue weighted by atomic mass is 32.2. The third-order valence-electron chi connectivity index (χ3n) is 7.86. The van der Waals surface area contributed by atoms with E-state index < -0.39 is 84.8 Å². The number of carbonyl (C=O) groups excluding carboxylic acids is 6. The van der Waals surface area contributed by atoms with Gasteiger partial charge in [0.2, 0.25) is 35.4 Å². The van der Waals surface area contributed by atoms with Gasteiger partial charge in [-0.25, -0.2) is 9.78 Å². The number of nitrogens with zero attached hydrogens (tertiary/aromatic N) is 1. The Kier molecular flexibility index (Phi) is 16.1. The molecule has 0 saturated carbocycles. The number of nitrogens with two attached hydrogens (primary N) is 2. The summed E-state index contributed by atoms with van der Waals surface area (Å²) < 4.78 is 0. The molecule has 19 nitrogen and oxygen atoms in total. The average molecular weight is 745 g/mol. The van der Waals surface area contributed by atoms with Crippen molar-refractivity contribution in [3.8, 4) is 0 Å². The van der Waals surface area contributed by atoms with Crippen LogP contribution < -0.4 is 38.1 Å². The average Bonchev–Trinajstić information content (AvgIpc) is 3.79. The first-order valence-corrected chi connectivity index (χ1v) is 17.6. The molecular formula is C32H44N10O9S. The standard InChI is InChI=1S/C32H44N10O9S/c1-52-9-8-23(29(47)37-14-27(45)39-24(11-18-13-35-16-38-18)31(49)42-25(15-43)32(50)51)41-30(48)22(6-7-26(34)44)40-28(46)20(33)10-17-12-36-21-5-3-2-4-19(17)21/h2-5,12-13,16,20,22-25,36,43H,6-11,14-15,33H2,1H3,(H2,34,44)(H,35,38)(H,37,47)(H,39,45)(H,40,46)(H,41,48)(H,42,49)(H,50,51)/t20-,22+,23+,24+,25-/m0/s1. The molecule has 0 aliphatic carbocycles. The summed E-state index contributed by atoms with van der Waals surface area (Å²) >= 11 is 1.39. The van der Waals surface area contributed by atoms with Gasteiger partial charge in [0.1, 0.15) is 24.2 Å². The summed E-state index contributed by atoms with van der Waals surface area (Å²) in [5.41, 5.74) is 13.6. The number of aromatic nitrogens is 3. The van der Waals surface area contributed by atoms with Crippen LogP contribution in [0.25, 0.3) is 10.9 Å². The number of carboxylic acids is 1. The number of amides is 6. The number of imidazole rings is 1. The van der Waals surface area contributed by atoms with E-state index in [0.29, 0.717) is 11.4 Å². The summed E-state index contributed by atoms with van der Waals surface area (Å²) in [6, 6.07) is 1.01. The zero-order valence-electron chi connectivity index (χ0n) is 28.3. The van der Waals surface area contributed by atoms with Crippen molar-refractivity contribution in [1.82, 2.24) is 41.5 Å². The predicted octanol–water partition coefficient (Wildman–Crippen LogP) is -2.85. The number of rotatable bonds is 22. The first kappa shape index (κ1) is 41.0. The molecule has 0 aliphatic rings. The van der Waals surface area contributed by atoms with Crippen molar-refractivity contribution in [3.63, 3.8) is 0 Å². The molecule has 0 unspecified atom stereocenters. The molecule has 6 amide bonds. The predicted molar refractivity (Wildman–Crippen MR) is 189 cm³/mol. The third kappa shape index (κ3) is 12.7. The number of aromatic amines is 2. The summed E-state index contributed by atoms with van der Waals surface area (Å²) in [4.78, 5) is 98.1. The Balaban J connectivity index is 1.65. The van der Waals surface area contributed by atoms with Crippen LogP contribution in [0.1, 0.15) is 30.5 Å². The highest BCUT2D eigenvalue weighted by molar-refractivity contribution is 7.98. The lowest BCUT2D eigenvalue weighted by Crippen LogP contribution is -2.57. The van der Waals surface area contributed by atoms with Crippen LogP contribution in [0.3, 0.4) is 0 Å². The Morgan fingerprint density at radius 1 is 0.865 bits per heavy atom. The van der Waals surface area contributed by atoms with E-state index in [1.165, 1.54) is 24.3 Å². The van der Waals surface area contributed by atoms with E-state index in [4.69, 9.17) is 11.5 Å². The monoisotopic (exact) mass is 744 g/mol. The van der Waals surface area contributed by atoms with Gasteiger partial charge in [-0.3, -0.25) is 28.8 Å². The molecule has 0 aliphatic heterocycles. The van der Waals surface area contributed by atoms with Crippen LogP contribution in [0.2, 0.25) is 0 Å². The summed E-state index contributed by atoms with van der Waals surface area (Å²) in [5.74, 6) is -5.73. The number of carbonyl (C=O) groups is 7. The quantitative estimate of drug-likeness (QED) is 0.0496. The molecule has 0 bridgehead atoms. The molecule has 0 fully saturated rings. The Morgan fingerprint density at radius 3 is 2.19 bits per heavy atom. The Bertz CT molecular complexity index is 1700. The number of hydrogen-bond acceptors (Lipinski definition) is 11. The van der Waals surface area contributed by atoms with Crippen molar-refractivity contribution in [1.29, 1.82) is 0 Å². The zero-order chi connectivity index (χ0) is 38.2. The Labute approximate surface area is 302 Å². The van der Waals surface area contributed by atoms with Crippen LogP contribution in [-0.2, 0) is 46.4 Å². The normalized spacial score (nSPS) is 13.9. The number of primary amides is 1. The second-order valence-corrected chi connectivity index (χ2v) is 12.8. The largest absolute Gasteiger partial charge is 0.480 e. The molecule has 0 spiro atoms. The first-order valence-electron chi connectivity index (χ1n) is 16.2. The number of nitrogens with one attached hydrogen (secondary N) is 7. The van der Waals surface area contributed by atoms with Crippen LogP contribution in [0, 0.1) is 0 Å². The maximum atomic E-state index is 13.5. The van der Waals surface area contributed by atoms with Crippen molar-refractivity contribution in [3.05, 3.63) is 54.2 Å². The van der Waals surface area contributed by atoms with E-state index in [2.05, 4.69) is 41.5 Å². The Morgan fingerprint density at radius 2 is 1.54 bits per heavy atom. The second kappa shape index (κ2) is 20.4. The van der Waals surface area contributed by atoms with Crippen molar-refractivity contribution in [2.75, 3.05) is 25.2 Å². The van der Waals surface area contributed by atoms with Gasteiger partial charge in [-0.15, -0.1) is 0 Å². The lowest BCUT2D eigenvalue weighted by molar-refractivity contribution is -0.143. The lowest BCUT2D eigenvalue weighted by atomic mass is 10.0. The van der Waals surface area contributed by atoms with Gasteiger partial charge in [0.15, 0.2) is 0 Å². The number of thioether (sulfide) groups is 1. The zero-order valence-corrected chi connectivity index (χ0v) is 29.2. The molecule has 5 atom stereocenters. The summed E-state index contributed by atoms with van der Waals surface area (Å²) in [7, 11) is 0. The van der Waals surface area contributed by atoms with Gasteiger partial charge in [0.25, 0.3) is 0 Å². The van der Waals surface area contributed by atoms with Gasteiger partial charge in [0.05, 0.1) is 25.5 Å². The Hall–Kier alpha value is -5.47. The molecule has 3 rings (SSSR count). The molecule has 2 aromatic heterocycles. The fourth-order valence-corrected chi connectivity index (χ4v) is 5.53. The lowest BCUT2D eigenvalue weighted by Gasteiger charge is -2.24. The number of H-pyrrole nitrogens is 2. The number of carboxylic acid groups (broad SMARTS) is 1. The first-order chi connectivity index (χ1) is 24.8. The molecule has 0 radical (unpaired) electrons. The number of benzene rings is 1. The van der Waals surface area contributed by atoms with Crippen LogP contribution >= 0.6 is 11.8 Å². The molecule has 20 heteroatoms. The minimum atomic E-state index is -1.62. The number of aliphatic carboxylic acids is 1. The van der Waals surface area contributed by atoms with Crippen LogP contribution in [-0.4, -0.2) is 122 Å². The van der Waals surface area contributed by atoms with E-state index in [-0.39, 0.29) is 32.1 Å². The maximum Gasteiger partial charge on any atom is 0.328 e. The number of aliphatic hydroxyl groups excluding tert-OH is 1. The van der Waals surface area contributed by atoms with Gasteiger partial charge in [-0.05, 0) is 42.9 Å². The van der Waals surface area contributed by atoms with Crippen molar-refractivity contribution in [2.24, 2.45) is 11.5 Å². The molecule has 3 aromatic rings. The SMILES string of the molecule is CSCC[C@@H](NC(=O)[C@@H](CCC(N)=O)NC(=O)[C@@H](N)Cc1c[nH]c2ccccc12)C(=O)NCC(=O)N[C@H](Cc1cnc[nH]1)C(=O)N[C@@H](CO)C(=O)O. The van der Waals surface area contributed by atoms with Crippen LogP contribution in [0.4, 0.5) is 0 Å². The summed E-state index contributed by atoms with van der Waals surface area (Å²) in [6.45, 7) is -1.53. The van der Waals surface area contributed by atoms with Gasteiger partial charge < -0.3 is 58.2 Å². The molecule has 2 heterocycles. The number of fused-ring (bicyclic) bond motifs is 1. The van der Waals surface area contributed by atoms with Gasteiger partial charge in [-0.1, -0.05) is 18.2 Å². The molecule has 0 saturated heterocycles. The molecule has 282 valence electrons. The van der Waals surface area contributed by atoms with Gasteiger partial charge in [-0.2, -0.15) is 11.8 Å². The van der Waals surface area contributed by atoms with Gasteiger partial charge in [0, 0.05) is 41.8 Å². The molecule has 13 N–H and O–H groups in total. The van der Waals surface area contributed by atoms with E-state index in [1.807, 2.05) is 24.3 Å². The third-order valence-corrected chi connectivity index (χ3v) is 8.50. The molecular weight excluding hydrogens is 700 g/mol. The van der Waals surface area contributed by atoms with Crippen molar-refractivity contribution >= 4 is 64.1 Å². The number of hydrogen-bond donors (Lipinski definition) is 11.